The Hall–Kier alpha value is 0.0900. The summed E-state index contributed by atoms with van der Waals surface area (Å²) < 4.78 is 0. The first-order valence-electron chi connectivity index (χ1n) is 3.13. The Kier molecular flexibility index (Phi) is 2.01. The number of rotatable bonds is 1. The minimum absolute atomic E-state index is 0.893. The molecular weight excluding hydrogens is 116 g/mol. The van der Waals surface area contributed by atoms with Crippen molar-refractivity contribution in [3.05, 3.63) is 5.92 Å². The van der Waals surface area contributed by atoms with Crippen LogP contribution in [0.1, 0.15) is 26.2 Å². The molecule has 8 heavy (non-hydrogen) atoms. The number of thiocarbonyl (C=S) groups is 1. The zero-order chi connectivity index (χ0) is 5.98. The van der Waals surface area contributed by atoms with Crippen molar-refractivity contribution in [3.63, 3.8) is 0 Å². The molecule has 0 N–H and O–H groups in total. The van der Waals surface area contributed by atoms with Gasteiger partial charge in [0.25, 0.3) is 0 Å². The van der Waals surface area contributed by atoms with Crippen molar-refractivity contribution in [2.75, 3.05) is 0 Å². The third kappa shape index (κ3) is 1.28. The first kappa shape index (κ1) is 6.21. The minimum Gasteiger partial charge on any atom is -0.0928 e. The van der Waals surface area contributed by atoms with Crippen LogP contribution in [0.25, 0.3) is 0 Å². The van der Waals surface area contributed by atoms with Gasteiger partial charge in [-0.25, -0.2) is 0 Å². The van der Waals surface area contributed by atoms with E-state index in [0.29, 0.717) is 0 Å². The highest BCUT2D eigenvalue weighted by atomic mass is 32.1. The Bertz CT molecular complexity index is 88.4. The summed E-state index contributed by atoms with van der Waals surface area (Å²) in [5.41, 5.74) is 0. The second kappa shape index (κ2) is 2.58. The lowest BCUT2D eigenvalue weighted by Gasteiger charge is -1.96. The average molecular weight is 127 g/mol. The molecule has 0 spiro atoms. The molecule has 0 aliphatic heterocycles. The molecule has 1 radical (unpaired) electrons. The fourth-order valence-electron chi connectivity index (χ4n) is 1.19. The van der Waals surface area contributed by atoms with Crippen LogP contribution in [-0.2, 0) is 0 Å². The second-order valence-corrected chi connectivity index (χ2v) is 2.86. The second-order valence-electron chi connectivity index (χ2n) is 2.62. The molecule has 1 atom stereocenters. The van der Waals surface area contributed by atoms with Crippen molar-refractivity contribution in [2.45, 2.75) is 26.2 Å². The molecule has 1 rings (SSSR count). The number of hydrogen-bond acceptors (Lipinski definition) is 1. The van der Waals surface area contributed by atoms with Crippen molar-refractivity contribution in [1.82, 2.24) is 0 Å². The molecule has 0 aromatic rings. The van der Waals surface area contributed by atoms with E-state index < -0.39 is 0 Å². The van der Waals surface area contributed by atoms with Crippen LogP contribution in [0, 0.1) is 11.8 Å². The molecule has 0 aromatic carbocycles. The summed E-state index contributed by atoms with van der Waals surface area (Å²) in [6.07, 6.45) is 3.86. The maximum atomic E-state index is 4.80. The third-order valence-electron chi connectivity index (χ3n) is 1.74. The molecule has 0 bridgehead atoms. The summed E-state index contributed by atoms with van der Waals surface area (Å²) in [5.74, 6) is 2.37. The van der Waals surface area contributed by atoms with Crippen LogP contribution < -0.4 is 0 Å². The Balaban J connectivity index is 2.32. The van der Waals surface area contributed by atoms with E-state index in [9.17, 15) is 0 Å². The van der Waals surface area contributed by atoms with Gasteiger partial charge in [-0.3, -0.25) is 0 Å². The van der Waals surface area contributed by atoms with Gasteiger partial charge >= 0.3 is 0 Å². The van der Waals surface area contributed by atoms with E-state index in [2.05, 4.69) is 6.92 Å². The highest BCUT2D eigenvalue weighted by molar-refractivity contribution is 7.79. The summed E-state index contributed by atoms with van der Waals surface area (Å²) >= 11 is 4.80. The van der Waals surface area contributed by atoms with E-state index in [1.165, 1.54) is 25.2 Å². The van der Waals surface area contributed by atoms with Crippen LogP contribution in [0.3, 0.4) is 0 Å². The third-order valence-corrected chi connectivity index (χ3v) is 2.07. The normalized spacial score (nSPS) is 30.9. The predicted octanol–water partition coefficient (Wildman–Crippen LogP) is 2.38. The van der Waals surface area contributed by atoms with Crippen LogP contribution in [0.2, 0.25) is 0 Å². The van der Waals surface area contributed by atoms with Crippen LogP contribution in [0.4, 0.5) is 0 Å². The molecule has 0 nitrogen and oxygen atoms in total. The van der Waals surface area contributed by atoms with E-state index in [1.807, 2.05) is 5.37 Å². The van der Waals surface area contributed by atoms with Crippen molar-refractivity contribution in [1.29, 1.82) is 0 Å². The molecule has 1 aliphatic carbocycles. The van der Waals surface area contributed by atoms with Crippen LogP contribution in [0.5, 0.6) is 0 Å². The molecule has 45 valence electrons. The molecule has 1 unspecified atom stereocenters. The minimum atomic E-state index is 0.893. The molecular formula is C7H11S. The standard InChI is InChI=1S/C7H11S/c1-6-2-3-7(4-6)5-8/h5-6H,2-4H2,1H3. The average Bonchev–Trinajstić information content (AvgIpc) is 2.14. The van der Waals surface area contributed by atoms with E-state index in [4.69, 9.17) is 12.2 Å². The smallest absolute Gasteiger partial charge is 0.00881 e. The molecule has 0 saturated heterocycles. The van der Waals surface area contributed by atoms with Gasteiger partial charge in [-0.15, -0.1) is 0 Å². The molecule has 0 amide bonds. The Labute approximate surface area is 56.3 Å². The molecule has 1 aliphatic rings. The fourth-order valence-corrected chi connectivity index (χ4v) is 1.40. The van der Waals surface area contributed by atoms with E-state index in [0.717, 1.165) is 5.92 Å². The zero-order valence-electron chi connectivity index (χ0n) is 5.18. The summed E-state index contributed by atoms with van der Waals surface area (Å²) in [5, 5.41) is 1.85. The topological polar surface area (TPSA) is 0 Å². The van der Waals surface area contributed by atoms with Gasteiger partial charge in [0.05, 0.1) is 0 Å². The van der Waals surface area contributed by atoms with Crippen molar-refractivity contribution >= 4 is 17.6 Å². The van der Waals surface area contributed by atoms with Crippen molar-refractivity contribution < 1.29 is 0 Å². The SMILES string of the molecule is CC1CC[C](C=S)C1. The van der Waals surface area contributed by atoms with Gasteiger partial charge in [0.15, 0.2) is 0 Å². The molecule has 1 heteroatoms. The van der Waals surface area contributed by atoms with Gasteiger partial charge in [0, 0.05) is 5.92 Å². The molecule has 1 saturated carbocycles. The van der Waals surface area contributed by atoms with Gasteiger partial charge in [-0.05, 0) is 30.5 Å². The Morgan fingerprint density at radius 1 is 1.75 bits per heavy atom. The molecule has 1 fully saturated rings. The molecule has 0 aromatic heterocycles. The summed E-state index contributed by atoms with van der Waals surface area (Å²) in [4.78, 5) is 0. The van der Waals surface area contributed by atoms with Gasteiger partial charge < -0.3 is 0 Å². The maximum absolute atomic E-state index is 4.80. The van der Waals surface area contributed by atoms with Crippen LogP contribution in [-0.4, -0.2) is 5.37 Å². The van der Waals surface area contributed by atoms with E-state index >= 15 is 0 Å². The van der Waals surface area contributed by atoms with E-state index in [1.54, 1.807) is 0 Å². The summed E-state index contributed by atoms with van der Waals surface area (Å²) in [6, 6.07) is 0. The van der Waals surface area contributed by atoms with Gasteiger partial charge in [0.2, 0.25) is 0 Å². The first-order chi connectivity index (χ1) is 3.83. The predicted molar refractivity (Wildman–Crippen MR) is 39.9 cm³/mol. The van der Waals surface area contributed by atoms with Gasteiger partial charge in [0.1, 0.15) is 0 Å². The zero-order valence-corrected chi connectivity index (χ0v) is 6.00. The summed E-state index contributed by atoms with van der Waals surface area (Å²) in [7, 11) is 0. The number of hydrogen-bond donors (Lipinski definition) is 0. The Morgan fingerprint density at radius 2 is 2.50 bits per heavy atom. The fraction of sp³-hybridized carbons (Fsp3) is 0.714. The highest BCUT2D eigenvalue weighted by Crippen LogP contribution is 2.30. The summed E-state index contributed by atoms with van der Waals surface area (Å²) in [6.45, 7) is 2.28. The lowest BCUT2D eigenvalue weighted by molar-refractivity contribution is 0.618. The van der Waals surface area contributed by atoms with Crippen molar-refractivity contribution in [3.8, 4) is 0 Å². The van der Waals surface area contributed by atoms with Crippen LogP contribution >= 0.6 is 12.2 Å². The maximum Gasteiger partial charge on any atom is 0.00881 e. The first-order valence-corrected chi connectivity index (χ1v) is 3.60. The lowest BCUT2D eigenvalue weighted by Crippen LogP contribution is -1.89. The monoisotopic (exact) mass is 127 g/mol. The van der Waals surface area contributed by atoms with Gasteiger partial charge in [-0.1, -0.05) is 19.1 Å². The quantitative estimate of drug-likeness (QED) is 0.487. The highest BCUT2D eigenvalue weighted by Gasteiger charge is 2.18. The van der Waals surface area contributed by atoms with E-state index in [-0.39, 0.29) is 0 Å². The van der Waals surface area contributed by atoms with Crippen LogP contribution in [0.15, 0.2) is 0 Å². The Morgan fingerprint density at radius 3 is 2.75 bits per heavy atom. The van der Waals surface area contributed by atoms with Gasteiger partial charge in [-0.2, -0.15) is 0 Å². The largest absolute Gasteiger partial charge is 0.0928 e. The lowest BCUT2D eigenvalue weighted by atomic mass is 10.1. The molecule has 0 heterocycles. The van der Waals surface area contributed by atoms with Crippen molar-refractivity contribution in [2.24, 2.45) is 5.92 Å².